The van der Waals surface area contributed by atoms with Gasteiger partial charge in [-0.05, 0) is 62.8 Å². The van der Waals surface area contributed by atoms with E-state index < -0.39 is 0 Å². The summed E-state index contributed by atoms with van der Waals surface area (Å²) in [6.07, 6.45) is 2.25. The Labute approximate surface area is 153 Å². The highest BCUT2D eigenvalue weighted by atomic mass is 35.5. The quantitative estimate of drug-likeness (QED) is 0.893. The van der Waals surface area contributed by atoms with Crippen LogP contribution in [0, 0.1) is 25.7 Å². The summed E-state index contributed by atoms with van der Waals surface area (Å²) in [5, 5.41) is 0.694. The molecule has 25 heavy (non-hydrogen) atoms. The van der Waals surface area contributed by atoms with E-state index in [4.69, 9.17) is 17.3 Å². The number of aromatic nitrogens is 1. The number of likely N-dealkylation sites (tertiary alicyclic amines) is 1. The van der Waals surface area contributed by atoms with Gasteiger partial charge < -0.3 is 15.2 Å². The fourth-order valence-corrected chi connectivity index (χ4v) is 4.82. The van der Waals surface area contributed by atoms with Gasteiger partial charge in [0.2, 0.25) is 0 Å². The Morgan fingerprint density at radius 1 is 1.20 bits per heavy atom. The van der Waals surface area contributed by atoms with Gasteiger partial charge in [0.25, 0.3) is 5.91 Å². The average Bonchev–Trinajstić information content (AvgIpc) is 3.22. The summed E-state index contributed by atoms with van der Waals surface area (Å²) in [7, 11) is 0. The summed E-state index contributed by atoms with van der Waals surface area (Å²) in [5.74, 6) is 1.18. The number of rotatable bonds is 2. The number of nitrogens with two attached hydrogens (primary N) is 1. The van der Waals surface area contributed by atoms with Gasteiger partial charge in [0.1, 0.15) is 0 Å². The average molecular weight is 358 g/mol. The van der Waals surface area contributed by atoms with Crippen LogP contribution in [0.15, 0.2) is 30.3 Å². The molecule has 1 saturated carbocycles. The maximum atomic E-state index is 13.1. The number of amides is 1. The molecule has 1 amide bonds. The zero-order valence-electron chi connectivity index (χ0n) is 14.7. The van der Waals surface area contributed by atoms with Gasteiger partial charge >= 0.3 is 0 Å². The molecule has 2 aromatic rings. The minimum absolute atomic E-state index is 0.128. The molecule has 1 aromatic carbocycles. The van der Waals surface area contributed by atoms with Gasteiger partial charge in [0, 0.05) is 41.2 Å². The third-order valence-corrected chi connectivity index (χ3v) is 6.16. The van der Waals surface area contributed by atoms with Gasteiger partial charge in [-0.25, -0.2) is 0 Å². The van der Waals surface area contributed by atoms with Crippen molar-refractivity contribution in [3.63, 3.8) is 0 Å². The van der Waals surface area contributed by atoms with Gasteiger partial charge in [0.15, 0.2) is 0 Å². The van der Waals surface area contributed by atoms with E-state index in [1.165, 1.54) is 0 Å². The number of carbonyl (C=O) groups is 1. The molecule has 4 rings (SSSR count). The van der Waals surface area contributed by atoms with E-state index in [1.807, 2.05) is 49.1 Å². The first-order chi connectivity index (χ1) is 12.0. The highest BCUT2D eigenvalue weighted by Gasteiger charge is 2.43. The van der Waals surface area contributed by atoms with Crippen molar-refractivity contribution in [3.8, 4) is 5.69 Å². The number of nitrogens with zero attached hydrogens (tertiary/aromatic N) is 2. The Hall–Kier alpha value is -1.78. The maximum absolute atomic E-state index is 13.1. The molecule has 0 spiro atoms. The Kier molecular flexibility index (Phi) is 4.13. The molecule has 132 valence electrons. The molecule has 1 aliphatic heterocycles. The number of hydrogen-bond acceptors (Lipinski definition) is 2. The number of aryl methyl sites for hydroxylation is 1. The number of carbonyl (C=O) groups excluding carboxylic acids is 1. The Bertz CT molecular complexity index is 828. The van der Waals surface area contributed by atoms with Crippen LogP contribution in [0.1, 0.15) is 34.6 Å². The van der Waals surface area contributed by atoms with Crippen LogP contribution in [0.25, 0.3) is 5.69 Å². The van der Waals surface area contributed by atoms with Crippen LogP contribution in [0.3, 0.4) is 0 Å². The fraction of sp³-hybridized carbons (Fsp3) is 0.450. The third kappa shape index (κ3) is 2.77. The number of hydrogen-bond donors (Lipinski definition) is 1. The lowest BCUT2D eigenvalue weighted by atomic mass is 9.98. The van der Waals surface area contributed by atoms with E-state index >= 15 is 0 Å². The normalized spacial score (nSPS) is 25.4. The summed E-state index contributed by atoms with van der Waals surface area (Å²) in [4.78, 5) is 15.1. The minimum atomic E-state index is 0.128. The molecule has 5 heteroatoms. The van der Waals surface area contributed by atoms with E-state index in [0.717, 1.165) is 48.6 Å². The summed E-state index contributed by atoms with van der Waals surface area (Å²) >= 11 is 6.14. The first-order valence-electron chi connectivity index (χ1n) is 8.95. The van der Waals surface area contributed by atoms with Gasteiger partial charge in [-0.1, -0.05) is 17.7 Å². The number of fused-ring (bicyclic) bond motifs is 1. The smallest absolute Gasteiger partial charge is 0.255 e. The fourth-order valence-electron chi connectivity index (χ4n) is 4.64. The van der Waals surface area contributed by atoms with Gasteiger partial charge in [0.05, 0.1) is 5.56 Å². The van der Waals surface area contributed by atoms with Crippen molar-refractivity contribution in [2.45, 2.75) is 32.7 Å². The van der Waals surface area contributed by atoms with Crippen molar-refractivity contribution in [2.75, 3.05) is 13.1 Å². The molecule has 4 nitrogen and oxygen atoms in total. The molecular formula is C20H24ClN3O. The topological polar surface area (TPSA) is 51.3 Å². The molecule has 3 unspecified atom stereocenters. The van der Waals surface area contributed by atoms with Crippen molar-refractivity contribution in [3.05, 3.63) is 52.3 Å². The second-order valence-corrected chi connectivity index (χ2v) is 7.91. The Balaban J connectivity index is 1.64. The predicted octanol–water partition coefficient (Wildman–Crippen LogP) is 3.56. The van der Waals surface area contributed by atoms with Crippen molar-refractivity contribution < 1.29 is 4.79 Å². The van der Waals surface area contributed by atoms with Crippen LogP contribution < -0.4 is 5.73 Å². The van der Waals surface area contributed by atoms with Crippen LogP contribution in [0.4, 0.5) is 0 Å². The number of halogens is 1. The molecule has 1 saturated heterocycles. The second kappa shape index (κ2) is 6.19. The Morgan fingerprint density at radius 3 is 2.72 bits per heavy atom. The van der Waals surface area contributed by atoms with E-state index in [0.29, 0.717) is 16.9 Å². The second-order valence-electron chi connectivity index (χ2n) is 7.48. The van der Waals surface area contributed by atoms with E-state index in [1.54, 1.807) is 0 Å². The SMILES string of the molecule is Cc1cc(C(=O)N2CC3CCC(N)C3C2)c(C)n1-c1cccc(Cl)c1. The maximum Gasteiger partial charge on any atom is 0.255 e. The Morgan fingerprint density at radius 2 is 2.00 bits per heavy atom. The zero-order valence-corrected chi connectivity index (χ0v) is 15.5. The first kappa shape index (κ1) is 16.7. The van der Waals surface area contributed by atoms with Gasteiger partial charge in [-0.3, -0.25) is 4.79 Å². The van der Waals surface area contributed by atoms with Crippen LogP contribution in [-0.2, 0) is 0 Å². The van der Waals surface area contributed by atoms with Crippen LogP contribution in [0.5, 0.6) is 0 Å². The molecular weight excluding hydrogens is 334 g/mol. The van der Waals surface area contributed by atoms with E-state index in [9.17, 15) is 4.79 Å². The zero-order chi connectivity index (χ0) is 17.7. The molecule has 1 aromatic heterocycles. The highest BCUT2D eigenvalue weighted by Crippen LogP contribution is 2.38. The summed E-state index contributed by atoms with van der Waals surface area (Å²) < 4.78 is 2.10. The molecule has 0 radical (unpaired) electrons. The van der Waals surface area contributed by atoms with Crippen LogP contribution in [-0.4, -0.2) is 34.5 Å². The third-order valence-electron chi connectivity index (χ3n) is 5.93. The lowest BCUT2D eigenvalue weighted by Crippen LogP contribution is -2.33. The van der Waals surface area contributed by atoms with Gasteiger partial charge in [-0.2, -0.15) is 0 Å². The molecule has 2 fully saturated rings. The number of benzene rings is 1. The summed E-state index contributed by atoms with van der Waals surface area (Å²) in [6.45, 7) is 5.67. The standard InChI is InChI=1S/C20H24ClN3O/c1-12-8-17(13(2)24(12)16-5-3-4-15(21)9-16)20(25)23-10-14-6-7-19(22)18(14)11-23/h3-5,8-9,14,18-19H,6-7,10-11,22H2,1-2H3. The lowest BCUT2D eigenvalue weighted by molar-refractivity contribution is 0.0779. The van der Waals surface area contributed by atoms with Crippen LogP contribution >= 0.6 is 11.6 Å². The highest BCUT2D eigenvalue weighted by molar-refractivity contribution is 6.30. The molecule has 2 aliphatic rings. The molecule has 2 heterocycles. The van der Waals surface area contributed by atoms with E-state index in [2.05, 4.69) is 4.57 Å². The first-order valence-corrected chi connectivity index (χ1v) is 9.33. The van der Waals surface area contributed by atoms with Crippen LogP contribution in [0.2, 0.25) is 5.02 Å². The van der Waals surface area contributed by atoms with E-state index in [-0.39, 0.29) is 11.9 Å². The monoisotopic (exact) mass is 357 g/mol. The largest absolute Gasteiger partial charge is 0.338 e. The predicted molar refractivity (Wildman–Crippen MR) is 100 cm³/mol. The van der Waals surface area contributed by atoms with Crippen molar-refractivity contribution in [2.24, 2.45) is 17.6 Å². The molecule has 1 aliphatic carbocycles. The van der Waals surface area contributed by atoms with Gasteiger partial charge in [-0.15, -0.1) is 0 Å². The lowest BCUT2D eigenvalue weighted by Gasteiger charge is -2.19. The summed E-state index contributed by atoms with van der Waals surface area (Å²) in [5.41, 5.74) is 9.99. The van der Waals surface area contributed by atoms with Crippen molar-refractivity contribution in [1.82, 2.24) is 9.47 Å². The summed E-state index contributed by atoms with van der Waals surface area (Å²) in [6, 6.07) is 9.97. The molecule has 2 N–H and O–H groups in total. The minimum Gasteiger partial charge on any atom is -0.338 e. The van der Waals surface area contributed by atoms with Crippen molar-refractivity contribution in [1.29, 1.82) is 0 Å². The molecule has 3 atom stereocenters. The van der Waals surface area contributed by atoms with Crippen molar-refractivity contribution >= 4 is 17.5 Å². The molecule has 0 bridgehead atoms.